The van der Waals surface area contributed by atoms with Crippen LogP contribution >= 0.6 is 0 Å². The van der Waals surface area contributed by atoms with Gasteiger partial charge in [-0.1, -0.05) is 13.8 Å². The predicted octanol–water partition coefficient (Wildman–Crippen LogP) is 2.08. The van der Waals surface area contributed by atoms with Crippen molar-refractivity contribution in [2.24, 2.45) is 5.92 Å². The molecule has 112 valence electrons. The van der Waals surface area contributed by atoms with Gasteiger partial charge in [0, 0.05) is 18.8 Å². The van der Waals surface area contributed by atoms with Gasteiger partial charge < -0.3 is 10.0 Å². The van der Waals surface area contributed by atoms with Crippen molar-refractivity contribution in [3.63, 3.8) is 0 Å². The first-order valence-corrected chi connectivity index (χ1v) is 8.85. The number of nitrogens with zero attached hydrogens (tertiary/aromatic N) is 1. The van der Waals surface area contributed by atoms with E-state index in [1.54, 1.807) is 12.1 Å². The van der Waals surface area contributed by atoms with Gasteiger partial charge in [-0.25, -0.2) is 8.42 Å². The SMILES string of the molecule is CCCS(=O)(=O)c1ccc(N2CCC(O)C(C)C2)cc1. The number of benzene rings is 1. The van der Waals surface area contributed by atoms with Gasteiger partial charge in [-0.05, 0) is 43.0 Å². The molecule has 1 saturated heterocycles. The molecule has 5 heteroatoms. The van der Waals surface area contributed by atoms with Crippen LogP contribution in [0.1, 0.15) is 26.7 Å². The molecule has 2 unspecified atom stereocenters. The van der Waals surface area contributed by atoms with E-state index in [2.05, 4.69) is 4.90 Å². The highest BCUT2D eigenvalue weighted by molar-refractivity contribution is 7.91. The van der Waals surface area contributed by atoms with Crippen molar-refractivity contribution in [3.05, 3.63) is 24.3 Å². The standard InChI is InChI=1S/C15H23NO3S/c1-3-10-20(18,19)14-6-4-13(5-7-14)16-9-8-15(17)12(2)11-16/h4-7,12,15,17H,3,8-11H2,1-2H3. The van der Waals surface area contributed by atoms with E-state index in [9.17, 15) is 13.5 Å². The van der Waals surface area contributed by atoms with E-state index in [4.69, 9.17) is 0 Å². The summed E-state index contributed by atoms with van der Waals surface area (Å²) in [5, 5.41) is 9.75. The second-order valence-corrected chi connectivity index (χ2v) is 7.70. The first-order valence-electron chi connectivity index (χ1n) is 7.20. The van der Waals surface area contributed by atoms with Crippen LogP contribution in [0.25, 0.3) is 0 Å². The minimum Gasteiger partial charge on any atom is -0.393 e. The minimum absolute atomic E-state index is 0.194. The summed E-state index contributed by atoms with van der Waals surface area (Å²) in [6.07, 6.45) is 1.17. The molecular weight excluding hydrogens is 274 g/mol. The lowest BCUT2D eigenvalue weighted by molar-refractivity contribution is 0.0971. The average molecular weight is 297 g/mol. The molecule has 20 heavy (non-hydrogen) atoms. The molecule has 1 N–H and O–H groups in total. The molecule has 1 heterocycles. The van der Waals surface area contributed by atoms with E-state index in [0.717, 1.165) is 25.2 Å². The summed E-state index contributed by atoms with van der Waals surface area (Å²) in [4.78, 5) is 2.60. The number of rotatable bonds is 4. The number of hydrogen-bond acceptors (Lipinski definition) is 4. The third kappa shape index (κ3) is 3.33. The Balaban J connectivity index is 2.13. The van der Waals surface area contributed by atoms with Crippen molar-refractivity contribution < 1.29 is 13.5 Å². The Morgan fingerprint density at radius 2 is 1.95 bits per heavy atom. The predicted molar refractivity (Wildman–Crippen MR) is 80.8 cm³/mol. The van der Waals surface area contributed by atoms with E-state index in [0.29, 0.717) is 11.3 Å². The van der Waals surface area contributed by atoms with Crippen LogP contribution in [0.3, 0.4) is 0 Å². The normalized spacial score (nSPS) is 23.9. The Bertz CT molecular complexity index is 539. The lowest BCUT2D eigenvalue weighted by atomic mass is 9.96. The lowest BCUT2D eigenvalue weighted by Gasteiger charge is -2.36. The van der Waals surface area contributed by atoms with Crippen molar-refractivity contribution in [3.8, 4) is 0 Å². The Morgan fingerprint density at radius 1 is 1.30 bits per heavy atom. The molecule has 2 rings (SSSR count). The van der Waals surface area contributed by atoms with E-state index >= 15 is 0 Å². The maximum atomic E-state index is 12.0. The molecule has 0 bridgehead atoms. The summed E-state index contributed by atoms with van der Waals surface area (Å²) < 4.78 is 23.9. The van der Waals surface area contributed by atoms with E-state index in [-0.39, 0.29) is 17.8 Å². The second-order valence-electron chi connectivity index (χ2n) is 5.59. The summed E-state index contributed by atoms with van der Waals surface area (Å²) in [6, 6.07) is 7.12. The van der Waals surface area contributed by atoms with Gasteiger partial charge in [0.1, 0.15) is 0 Å². The van der Waals surface area contributed by atoms with Crippen molar-refractivity contribution in [2.75, 3.05) is 23.7 Å². The highest BCUT2D eigenvalue weighted by atomic mass is 32.2. The van der Waals surface area contributed by atoms with Crippen LogP contribution in [0.5, 0.6) is 0 Å². The maximum Gasteiger partial charge on any atom is 0.178 e. The third-order valence-corrected chi connectivity index (χ3v) is 5.83. The maximum absolute atomic E-state index is 12.0. The monoisotopic (exact) mass is 297 g/mol. The van der Waals surface area contributed by atoms with Gasteiger partial charge in [0.15, 0.2) is 9.84 Å². The highest BCUT2D eigenvalue weighted by Crippen LogP contribution is 2.24. The van der Waals surface area contributed by atoms with Gasteiger partial charge in [-0.3, -0.25) is 0 Å². The number of anilines is 1. The van der Waals surface area contributed by atoms with Crippen LogP contribution in [-0.2, 0) is 9.84 Å². The Morgan fingerprint density at radius 3 is 2.50 bits per heavy atom. The molecule has 1 aliphatic heterocycles. The molecule has 0 spiro atoms. The highest BCUT2D eigenvalue weighted by Gasteiger charge is 2.24. The Kier molecular flexibility index (Phi) is 4.70. The second kappa shape index (κ2) is 6.14. The molecule has 0 saturated carbocycles. The number of aliphatic hydroxyl groups excluding tert-OH is 1. The number of sulfone groups is 1. The molecule has 0 aromatic heterocycles. The molecule has 0 aliphatic carbocycles. The first kappa shape index (κ1) is 15.3. The van der Waals surface area contributed by atoms with Crippen molar-refractivity contribution in [2.45, 2.75) is 37.7 Å². The smallest absolute Gasteiger partial charge is 0.178 e. The number of hydrogen-bond donors (Lipinski definition) is 1. The topological polar surface area (TPSA) is 57.6 Å². The minimum atomic E-state index is -3.14. The molecule has 2 atom stereocenters. The molecule has 1 aromatic carbocycles. The van der Waals surface area contributed by atoms with Gasteiger partial charge in [0.25, 0.3) is 0 Å². The summed E-state index contributed by atoms with van der Waals surface area (Å²) in [5.74, 6) is 0.437. The van der Waals surface area contributed by atoms with Crippen LogP contribution < -0.4 is 4.90 Å². The van der Waals surface area contributed by atoms with Gasteiger partial charge in [-0.15, -0.1) is 0 Å². The van der Waals surface area contributed by atoms with Gasteiger partial charge in [0.2, 0.25) is 0 Å². The molecule has 1 aromatic rings. The van der Waals surface area contributed by atoms with Crippen molar-refractivity contribution in [1.29, 1.82) is 0 Å². The Labute approximate surface area is 121 Å². The van der Waals surface area contributed by atoms with Crippen LogP contribution in [-0.4, -0.2) is 38.5 Å². The first-order chi connectivity index (χ1) is 9.44. The zero-order chi connectivity index (χ0) is 14.8. The fraction of sp³-hybridized carbons (Fsp3) is 0.600. The van der Waals surface area contributed by atoms with Crippen LogP contribution in [0.2, 0.25) is 0 Å². The van der Waals surface area contributed by atoms with Crippen LogP contribution in [0.4, 0.5) is 5.69 Å². The molecule has 0 radical (unpaired) electrons. The van der Waals surface area contributed by atoms with E-state index < -0.39 is 9.84 Å². The van der Waals surface area contributed by atoms with E-state index in [1.165, 1.54) is 0 Å². The zero-order valence-electron chi connectivity index (χ0n) is 12.1. The number of piperidine rings is 1. The van der Waals surface area contributed by atoms with Gasteiger partial charge in [-0.2, -0.15) is 0 Å². The molecule has 1 aliphatic rings. The molecule has 4 nitrogen and oxygen atoms in total. The average Bonchev–Trinajstić information content (AvgIpc) is 2.42. The summed E-state index contributed by atoms with van der Waals surface area (Å²) >= 11 is 0. The van der Waals surface area contributed by atoms with Crippen LogP contribution in [0.15, 0.2) is 29.2 Å². The van der Waals surface area contributed by atoms with Crippen molar-refractivity contribution in [1.82, 2.24) is 0 Å². The Hall–Kier alpha value is -1.07. The van der Waals surface area contributed by atoms with E-state index in [1.807, 2.05) is 26.0 Å². The third-order valence-electron chi connectivity index (χ3n) is 3.89. The van der Waals surface area contributed by atoms with Crippen LogP contribution in [0, 0.1) is 5.92 Å². The number of aliphatic hydroxyl groups is 1. The summed E-state index contributed by atoms with van der Waals surface area (Å²) in [7, 11) is -3.14. The summed E-state index contributed by atoms with van der Waals surface area (Å²) in [6.45, 7) is 5.53. The molecular formula is C15H23NO3S. The molecule has 0 amide bonds. The quantitative estimate of drug-likeness (QED) is 0.924. The van der Waals surface area contributed by atoms with Gasteiger partial charge in [0.05, 0.1) is 16.8 Å². The largest absolute Gasteiger partial charge is 0.393 e. The van der Waals surface area contributed by atoms with Gasteiger partial charge >= 0.3 is 0 Å². The molecule has 1 fully saturated rings. The summed E-state index contributed by atoms with van der Waals surface area (Å²) in [5.41, 5.74) is 1.03. The fourth-order valence-corrected chi connectivity index (χ4v) is 3.94. The van der Waals surface area contributed by atoms with Crippen molar-refractivity contribution >= 4 is 15.5 Å². The lowest BCUT2D eigenvalue weighted by Crippen LogP contribution is -2.41. The zero-order valence-corrected chi connectivity index (χ0v) is 12.9. The fourth-order valence-electron chi connectivity index (χ4n) is 2.62.